The zero-order valence-corrected chi connectivity index (χ0v) is 21.3. The van der Waals surface area contributed by atoms with E-state index in [0.29, 0.717) is 0 Å². The van der Waals surface area contributed by atoms with Crippen molar-refractivity contribution in [3.63, 3.8) is 0 Å². The van der Waals surface area contributed by atoms with Crippen molar-refractivity contribution in [2.45, 2.75) is 62.4 Å². The van der Waals surface area contributed by atoms with Gasteiger partial charge in [-0.05, 0) is 12.1 Å². The number of carbonyl (C=O) groups excluding carboxylic acids is 4. The molecule has 0 bridgehead atoms. The molecule has 0 saturated carbocycles. The van der Waals surface area contributed by atoms with Crippen LogP contribution in [0.3, 0.4) is 0 Å². The number of thioether (sulfide) groups is 1. The summed E-state index contributed by atoms with van der Waals surface area (Å²) in [5.41, 5.74) is -1.03. The van der Waals surface area contributed by atoms with Crippen molar-refractivity contribution in [2.24, 2.45) is 0 Å². The highest BCUT2D eigenvalue weighted by molar-refractivity contribution is 8.01. The fourth-order valence-corrected chi connectivity index (χ4v) is 6.27. The maximum absolute atomic E-state index is 12.6. The van der Waals surface area contributed by atoms with E-state index in [2.05, 4.69) is 0 Å². The third kappa shape index (κ3) is 8.82. The highest BCUT2D eigenvalue weighted by Gasteiger charge is 2.52. The molecule has 5 atom stereocenters. The Morgan fingerprint density at radius 1 is 0.829 bits per heavy atom. The van der Waals surface area contributed by atoms with E-state index in [1.54, 1.807) is 18.2 Å². The lowest BCUT2D eigenvalue weighted by molar-refractivity contribution is -0.237. The molecule has 0 aromatic heterocycles. The van der Waals surface area contributed by atoms with Gasteiger partial charge in [0, 0.05) is 33.4 Å². The number of esters is 4. The van der Waals surface area contributed by atoms with Crippen LogP contribution >= 0.6 is 11.8 Å². The monoisotopic (exact) mass is 532 g/mol. The molecule has 1 aliphatic heterocycles. The topological polar surface area (TPSA) is 149 Å². The highest BCUT2D eigenvalue weighted by atomic mass is 32.2. The van der Waals surface area contributed by atoms with Gasteiger partial charge in [-0.1, -0.05) is 18.2 Å². The SMILES string of the molecule is CC(=O)OC[C@H]1O[C@@H](SCCS(=O)(=O)c2ccccc2)[C@H](OC(C)=O)[C@@H](OC(C)=O)[C@@H]1OC(C)=O. The second-order valence-electron chi connectivity index (χ2n) is 7.57. The summed E-state index contributed by atoms with van der Waals surface area (Å²) in [7, 11) is -3.60. The molecule has 0 spiro atoms. The van der Waals surface area contributed by atoms with E-state index in [-0.39, 0.29) is 23.0 Å². The summed E-state index contributed by atoms with van der Waals surface area (Å²) in [6.07, 6.45) is -4.87. The number of hydrogen-bond donors (Lipinski definition) is 0. The Bertz CT molecular complexity index is 1010. The van der Waals surface area contributed by atoms with Crippen molar-refractivity contribution in [3.8, 4) is 0 Å². The van der Waals surface area contributed by atoms with Crippen molar-refractivity contribution in [1.82, 2.24) is 0 Å². The summed E-state index contributed by atoms with van der Waals surface area (Å²) in [5, 5.41) is 0. The standard InChI is InChI=1S/C22H28O11S2/c1-13(23)29-12-18-19(30-14(2)24)20(31-15(3)25)21(32-16(4)26)22(33-18)34-10-11-35(27,28)17-8-6-5-7-9-17/h5-9,18-22H,10-12H2,1-4H3/t18-,19-,20+,21-,22+/m1/s1. The maximum Gasteiger partial charge on any atom is 0.303 e. The molecule has 0 N–H and O–H groups in total. The Hall–Kier alpha value is -2.64. The minimum atomic E-state index is -3.60. The minimum Gasteiger partial charge on any atom is -0.463 e. The van der Waals surface area contributed by atoms with Gasteiger partial charge in [-0.3, -0.25) is 19.2 Å². The van der Waals surface area contributed by atoms with Gasteiger partial charge in [-0.2, -0.15) is 0 Å². The lowest BCUT2D eigenvalue weighted by atomic mass is 9.99. The van der Waals surface area contributed by atoms with E-state index in [9.17, 15) is 27.6 Å². The molecule has 11 nitrogen and oxygen atoms in total. The van der Waals surface area contributed by atoms with Crippen LogP contribution in [0.25, 0.3) is 0 Å². The molecule has 1 heterocycles. The molecule has 0 aliphatic carbocycles. The zero-order valence-electron chi connectivity index (χ0n) is 19.7. The number of rotatable bonds is 10. The summed E-state index contributed by atoms with van der Waals surface area (Å²) >= 11 is 1.01. The van der Waals surface area contributed by atoms with Gasteiger partial charge in [-0.15, -0.1) is 11.8 Å². The van der Waals surface area contributed by atoms with Crippen molar-refractivity contribution < 1.29 is 51.3 Å². The first-order valence-corrected chi connectivity index (χ1v) is 13.3. The van der Waals surface area contributed by atoms with Crippen LogP contribution in [0.2, 0.25) is 0 Å². The van der Waals surface area contributed by atoms with Gasteiger partial charge in [0.2, 0.25) is 0 Å². The molecule has 1 aliphatic rings. The summed E-state index contributed by atoms with van der Waals surface area (Å²) < 4.78 is 52.2. The number of hydrogen-bond acceptors (Lipinski definition) is 12. The van der Waals surface area contributed by atoms with E-state index < -0.39 is 63.6 Å². The molecular weight excluding hydrogens is 504 g/mol. The second-order valence-corrected chi connectivity index (χ2v) is 10.9. The van der Waals surface area contributed by atoms with Crippen LogP contribution in [-0.2, 0) is 52.7 Å². The number of benzene rings is 1. The van der Waals surface area contributed by atoms with Crippen molar-refractivity contribution >= 4 is 45.5 Å². The average molecular weight is 533 g/mol. The van der Waals surface area contributed by atoms with Gasteiger partial charge < -0.3 is 23.7 Å². The fourth-order valence-electron chi connectivity index (χ4n) is 3.34. The predicted molar refractivity (Wildman–Crippen MR) is 123 cm³/mol. The van der Waals surface area contributed by atoms with Gasteiger partial charge in [0.25, 0.3) is 0 Å². The van der Waals surface area contributed by atoms with Crippen LogP contribution in [0.15, 0.2) is 35.2 Å². The maximum atomic E-state index is 12.6. The fraction of sp³-hybridized carbons (Fsp3) is 0.545. The Balaban J connectivity index is 2.30. The van der Waals surface area contributed by atoms with Crippen LogP contribution < -0.4 is 0 Å². The van der Waals surface area contributed by atoms with E-state index in [1.165, 1.54) is 19.1 Å². The summed E-state index contributed by atoms with van der Waals surface area (Å²) in [4.78, 5) is 46.9. The van der Waals surface area contributed by atoms with Gasteiger partial charge in [0.1, 0.15) is 18.1 Å². The van der Waals surface area contributed by atoms with Gasteiger partial charge >= 0.3 is 23.9 Å². The number of ether oxygens (including phenoxy) is 5. The molecule has 0 amide bonds. The van der Waals surface area contributed by atoms with Gasteiger partial charge in [0.15, 0.2) is 28.1 Å². The summed E-state index contributed by atoms with van der Waals surface area (Å²) in [6, 6.07) is 7.88. The van der Waals surface area contributed by atoms with Crippen molar-refractivity contribution in [3.05, 3.63) is 30.3 Å². The Morgan fingerprint density at radius 2 is 1.37 bits per heavy atom. The van der Waals surface area contributed by atoms with Crippen LogP contribution in [0.1, 0.15) is 27.7 Å². The summed E-state index contributed by atoms with van der Waals surface area (Å²) in [6.45, 7) is 4.22. The van der Waals surface area contributed by atoms with E-state index in [1.807, 2.05) is 0 Å². The van der Waals surface area contributed by atoms with Crippen LogP contribution in [-0.4, -0.2) is 80.3 Å². The lowest BCUT2D eigenvalue weighted by Gasteiger charge is -2.44. The molecule has 13 heteroatoms. The highest BCUT2D eigenvalue weighted by Crippen LogP contribution is 2.34. The zero-order chi connectivity index (χ0) is 26.2. The van der Waals surface area contributed by atoms with Gasteiger partial charge in [-0.25, -0.2) is 8.42 Å². The molecule has 0 radical (unpaired) electrons. The molecule has 35 heavy (non-hydrogen) atoms. The predicted octanol–water partition coefficient (Wildman–Crippen LogP) is 1.28. The molecule has 1 aromatic carbocycles. The molecular formula is C22H28O11S2. The number of carbonyl (C=O) groups is 4. The molecule has 1 fully saturated rings. The van der Waals surface area contributed by atoms with Gasteiger partial charge in [0.05, 0.1) is 10.6 Å². The van der Waals surface area contributed by atoms with Crippen molar-refractivity contribution in [2.75, 3.05) is 18.1 Å². The van der Waals surface area contributed by atoms with Crippen molar-refractivity contribution in [1.29, 1.82) is 0 Å². The van der Waals surface area contributed by atoms with Crippen LogP contribution in [0, 0.1) is 0 Å². The first kappa shape index (κ1) is 28.6. The largest absolute Gasteiger partial charge is 0.463 e. The Morgan fingerprint density at radius 3 is 1.91 bits per heavy atom. The molecule has 1 aromatic rings. The molecule has 2 rings (SSSR count). The third-order valence-corrected chi connectivity index (χ3v) is 7.82. The van der Waals surface area contributed by atoms with E-state index >= 15 is 0 Å². The quantitative estimate of drug-likeness (QED) is 0.315. The molecule has 1 saturated heterocycles. The Kier molecular flexibility index (Phi) is 10.5. The minimum absolute atomic E-state index is 0.0327. The van der Waals surface area contributed by atoms with Crippen LogP contribution in [0.5, 0.6) is 0 Å². The first-order chi connectivity index (χ1) is 16.4. The van der Waals surface area contributed by atoms with E-state index in [0.717, 1.165) is 32.5 Å². The first-order valence-electron chi connectivity index (χ1n) is 10.6. The average Bonchev–Trinajstić information content (AvgIpc) is 2.76. The lowest BCUT2D eigenvalue weighted by Crippen LogP contribution is -2.61. The summed E-state index contributed by atoms with van der Waals surface area (Å²) in [5.74, 6) is -3.05. The normalized spacial score (nSPS) is 24.2. The third-order valence-electron chi connectivity index (χ3n) is 4.68. The molecule has 194 valence electrons. The van der Waals surface area contributed by atoms with E-state index in [4.69, 9.17) is 23.7 Å². The van der Waals surface area contributed by atoms with Crippen LogP contribution in [0.4, 0.5) is 0 Å². The number of sulfone groups is 1. The molecule has 0 unspecified atom stereocenters. The smallest absolute Gasteiger partial charge is 0.303 e. The second kappa shape index (κ2) is 12.9. The Labute approximate surface area is 207 Å².